The SMILES string of the molecule is O=S(=O)(O)c1cc2nnoc2c2c(S(=O)(=O)O)cccc12. The van der Waals surface area contributed by atoms with E-state index in [-0.39, 0.29) is 21.9 Å². The molecule has 1 heterocycles. The Balaban J connectivity index is 2.71. The van der Waals surface area contributed by atoms with Crippen LogP contribution in [-0.2, 0) is 20.2 Å². The number of fused-ring (bicyclic) bond motifs is 3. The van der Waals surface area contributed by atoms with Gasteiger partial charge in [-0.2, -0.15) is 16.8 Å². The average molecular weight is 330 g/mol. The van der Waals surface area contributed by atoms with Crippen molar-refractivity contribution in [3.8, 4) is 0 Å². The van der Waals surface area contributed by atoms with Crippen LogP contribution in [0.2, 0.25) is 0 Å². The van der Waals surface area contributed by atoms with E-state index in [0.717, 1.165) is 12.1 Å². The van der Waals surface area contributed by atoms with E-state index in [9.17, 15) is 25.9 Å². The summed E-state index contributed by atoms with van der Waals surface area (Å²) in [7, 11) is -9.30. The second kappa shape index (κ2) is 4.21. The van der Waals surface area contributed by atoms with Crippen LogP contribution in [0.4, 0.5) is 0 Å². The molecule has 2 N–H and O–H groups in total. The summed E-state index contributed by atoms with van der Waals surface area (Å²) in [5, 5.41) is 6.35. The number of benzene rings is 2. The Hall–Kier alpha value is -2.08. The molecule has 0 saturated heterocycles. The molecule has 0 saturated carbocycles. The van der Waals surface area contributed by atoms with Gasteiger partial charge in [0.1, 0.15) is 15.3 Å². The predicted molar refractivity (Wildman–Crippen MR) is 68.9 cm³/mol. The summed E-state index contributed by atoms with van der Waals surface area (Å²) in [6.07, 6.45) is 0. The predicted octanol–water partition coefficient (Wildman–Crippen LogP) is 0.869. The first-order chi connectivity index (χ1) is 9.69. The van der Waals surface area contributed by atoms with Crippen molar-refractivity contribution >= 4 is 42.1 Å². The third-order valence-electron chi connectivity index (χ3n) is 2.86. The van der Waals surface area contributed by atoms with Crippen LogP contribution in [0.1, 0.15) is 0 Å². The highest BCUT2D eigenvalue weighted by molar-refractivity contribution is 7.86. The van der Waals surface area contributed by atoms with Crippen molar-refractivity contribution in [3.63, 3.8) is 0 Å². The van der Waals surface area contributed by atoms with Crippen molar-refractivity contribution in [2.45, 2.75) is 9.79 Å². The van der Waals surface area contributed by atoms with Gasteiger partial charge in [0.15, 0.2) is 5.58 Å². The summed E-state index contributed by atoms with van der Waals surface area (Å²) >= 11 is 0. The molecule has 110 valence electrons. The fraction of sp³-hybridized carbons (Fsp3) is 0. The molecule has 21 heavy (non-hydrogen) atoms. The highest BCUT2D eigenvalue weighted by Crippen LogP contribution is 2.34. The Morgan fingerprint density at radius 3 is 2.29 bits per heavy atom. The van der Waals surface area contributed by atoms with Gasteiger partial charge in [-0.15, -0.1) is 5.10 Å². The van der Waals surface area contributed by atoms with Gasteiger partial charge in [0, 0.05) is 10.7 Å². The van der Waals surface area contributed by atoms with Gasteiger partial charge in [-0.25, -0.2) is 0 Å². The van der Waals surface area contributed by atoms with Gasteiger partial charge < -0.3 is 4.52 Å². The van der Waals surface area contributed by atoms with Gasteiger partial charge in [-0.1, -0.05) is 12.1 Å². The van der Waals surface area contributed by atoms with Gasteiger partial charge in [-0.05, 0) is 12.1 Å². The minimum Gasteiger partial charge on any atom is -0.336 e. The molecule has 9 nitrogen and oxygen atoms in total. The molecule has 0 fully saturated rings. The smallest absolute Gasteiger partial charge is 0.295 e. The minimum atomic E-state index is -4.65. The van der Waals surface area contributed by atoms with Crippen molar-refractivity contribution in [3.05, 3.63) is 24.3 Å². The molecule has 3 rings (SSSR count). The lowest BCUT2D eigenvalue weighted by molar-refractivity contribution is 0.425. The molecule has 0 radical (unpaired) electrons. The van der Waals surface area contributed by atoms with Crippen LogP contribution in [0.3, 0.4) is 0 Å². The standard InChI is InChI=1S/C10H6N2O7S2/c13-20(14,15)7-3-1-2-5-8(21(16,17)18)4-6-10(9(5)7)19-12-11-6/h1-4H,(H,13,14,15)(H,16,17,18). The summed E-state index contributed by atoms with van der Waals surface area (Å²) in [5.41, 5.74) is -0.197. The quantitative estimate of drug-likeness (QED) is 0.653. The lowest BCUT2D eigenvalue weighted by Gasteiger charge is -2.07. The Labute approximate surface area is 117 Å². The van der Waals surface area contributed by atoms with Crippen molar-refractivity contribution in [2.24, 2.45) is 0 Å². The van der Waals surface area contributed by atoms with E-state index in [2.05, 4.69) is 10.4 Å². The summed E-state index contributed by atoms with van der Waals surface area (Å²) < 4.78 is 69.1. The van der Waals surface area contributed by atoms with Crippen LogP contribution in [0.15, 0.2) is 38.6 Å². The molecule has 0 spiro atoms. The molecule has 0 atom stereocenters. The van der Waals surface area contributed by atoms with E-state index in [1.165, 1.54) is 12.1 Å². The summed E-state index contributed by atoms with van der Waals surface area (Å²) in [6, 6.07) is 4.54. The minimum absolute atomic E-state index is 0.0776. The topological polar surface area (TPSA) is 148 Å². The second-order valence-electron chi connectivity index (χ2n) is 4.12. The zero-order valence-electron chi connectivity index (χ0n) is 9.96. The fourth-order valence-corrected chi connectivity index (χ4v) is 3.49. The number of hydrogen-bond acceptors (Lipinski definition) is 7. The van der Waals surface area contributed by atoms with E-state index in [4.69, 9.17) is 4.52 Å². The van der Waals surface area contributed by atoms with E-state index in [0.29, 0.717) is 0 Å². The monoisotopic (exact) mass is 330 g/mol. The molecule has 0 bridgehead atoms. The van der Waals surface area contributed by atoms with E-state index in [1.807, 2.05) is 0 Å². The number of nitrogens with zero attached hydrogens (tertiary/aromatic N) is 2. The van der Waals surface area contributed by atoms with Gasteiger partial charge in [0.2, 0.25) is 0 Å². The van der Waals surface area contributed by atoms with Crippen molar-refractivity contribution < 1.29 is 30.5 Å². The first kappa shape index (κ1) is 13.9. The Morgan fingerprint density at radius 1 is 1.00 bits per heavy atom. The first-order valence-electron chi connectivity index (χ1n) is 5.32. The fourth-order valence-electron chi connectivity index (χ4n) is 2.07. The van der Waals surface area contributed by atoms with Crippen LogP contribution >= 0.6 is 0 Å². The normalized spacial score (nSPS) is 13.0. The van der Waals surface area contributed by atoms with Crippen LogP contribution in [-0.4, -0.2) is 36.3 Å². The molecule has 1 aromatic heterocycles. The molecule has 11 heteroatoms. The Bertz CT molecular complexity index is 1050. The Morgan fingerprint density at radius 2 is 1.67 bits per heavy atom. The maximum atomic E-state index is 11.4. The maximum absolute atomic E-state index is 11.4. The molecule has 0 amide bonds. The molecular weight excluding hydrogens is 324 g/mol. The summed E-state index contributed by atoms with van der Waals surface area (Å²) in [5.74, 6) is 0. The molecule has 3 aromatic rings. The summed E-state index contributed by atoms with van der Waals surface area (Å²) in [4.78, 5) is -1.14. The van der Waals surface area contributed by atoms with E-state index < -0.39 is 30.0 Å². The highest BCUT2D eigenvalue weighted by atomic mass is 32.2. The van der Waals surface area contributed by atoms with Crippen LogP contribution in [0.25, 0.3) is 21.9 Å². The molecule has 2 aromatic carbocycles. The number of aromatic nitrogens is 2. The third kappa shape index (κ3) is 2.15. The first-order valence-corrected chi connectivity index (χ1v) is 8.20. The zero-order valence-corrected chi connectivity index (χ0v) is 11.6. The van der Waals surface area contributed by atoms with Gasteiger partial charge in [0.05, 0.1) is 5.39 Å². The van der Waals surface area contributed by atoms with Gasteiger partial charge in [0.25, 0.3) is 20.2 Å². The lowest BCUT2D eigenvalue weighted by Crippen LogP contribution is -2.03. The number of rotatable bonds is 2. The Kier molecular flexibility index (Phi) is 2.78. The van der Waals surface area contributed by atoms with Crippen LogP contribution < -0.4 is 0 Å². The van der Waals surface area contributed by atoms with Crippen molar-refractivity contribution in [1.29, 1.82) is 0 Å². The molecule has 0 aliphatic rings. The largest absolute Gasteiger partial charge is 0.336 e. The number of hydrogen-bond donors (Lipinski definition) is 2. The average Bonchev–Trinajstić information content (AvgIpc) is 2.82. The molecule has 0 unspecified atom stereocenters. The zero-order chi connectivity index (χ0) is 15.4. The van der Waals surface area contributed by atoms with Crippen molar-refractivity contribution in [2.75, 3.05) is 0 Å². The van der Waals surface area contributed by atoms with E-state index in [1.54, 1.807) is 0 Å². The van der Waals surface area contributed by atoms with Gasteiger partial charge in [-0.3, -0.25) is 9.11 Å². The van der Waals surface area contributed by atoms with Crippen LogP contribution in [0.5, 0.6) is 0 Å². The van der Waals surface area contributed by atoms with Crippen LogP contribution in [0, 0.1) is 0 Å². The van der Waals surface area contributed by atoms with E-state index >= 15 is 0 Å². The molecule has 0 aliphatic carbocycles. The molecular formula is C10H6N2O7S2. The van der Waals surface area contributed by atoms with Gasteiger partial charge >= 0.3 is 0 Å². The lowest BCUT2D eigenvalue weighted by atomic mass is 10.1. The maximum Gasteiger partial charge on any atom is 0.295 e. The highest BCUT2D eigenvalue weighted by Gasteiger charge is 2.24. The van der Waals surface area contributed by atoms with Crippen molar-refractivity contribution in [1.82, 2.24) is 10.4 Å². The third-order valence-corrected chi connectivity index (χ3v) is 4.65. The summed E-state index contributed by atoms with van der Waals surface area (Å²) in [6.45, 7) is 0. The second-order valence-corrected chi connectivity index (χ2v) is 6.90. The molecule has 0 aliphatic heterocycles.